The van der Waals surface area contributed by atoms with Crippen LogP contribution in [0.2, 0.25) is 0 Å². The number of aromatic nitrogens is 1. The Morgan fingerprint density at radius 1 is 1.56 bits per heavy atom. The van der Waals surface area contributed by atoms with Crippen molar-refractivity contribution in [2.24, 2.45) is 0 Å². The summed E-state index contributed by atoms with van der Waals surface area (Å²) in [4.78, 5) is 4.10. The van der Waals surface area contributed by atoms with Crippen molar-refractivity contribution in [1.29, 1.82) is 0 Å². The van der Waals surface area contributed by atoms with Crippen molar-refractivity contribution in [2.45, 2.75) is 19.4 Å². The maximum atomic E-state index is 12.0. The van der Waals surface area contributed by atoms with Gasteiger partial charge >= 0.3 is 0 Å². The molecule has 1 aromatic rings. The smallest absolute Gasteiger partial charge is 0.279 e. The Balaban J connectivity index is 2.53. The maximum Gasteiger partial charge on any atom is 0.279 e. The van der Waals surface area contributed by atoms with Crippen LogP contribution in [0.15, 0.2) is 11.6 Å². The Morgan fingerprint density at radius 3 is 2.83 bits per heavy atom. The SMILES string of the molecule is CNCCCN(C)S(=O)(=O)NC(C)c1nccs1. The summed E-state index contributed by atoms with van der Waals surface area (Å²) in [7, 11) is -0.0233. The van der Waals surface area contributed by atoms with Gasteiger partial charge in [-0.15, -0.1) is 11.3 Å². The first-order chi connectivity index (χ1) is 8.47. The predicted octanol–water partition coefficient (Wildman–Crippen LogP) is 0.580. The standard InChI is InChI=1S/C10H20N4O2S2/c1-9(10-12-6-8-17-10)13-18(15,16)14(3)7-4-5-11-2/h6,8-9,11,13H,4-5,7H2,1-3H3. The fraction of sp³-hybridized carbons (Fsp3) is 0.700. The molecule has 104 valence electrons. The third-order valence-electron chi connectivity index (χ3n) is 2.46. The molecule has 6 nitrogen and oxygen atoms in total. The van der Waals surface area contributed by atoms with E-state index in [1.54, 1.807) is 20.2 Å². The lowest BCUT2D eigenvalue weighted by molar-refractivity contribution is 0.441. The fourth-order valence-corrected chi connectivity index (χ4v) is 3.24. The Morgan fingerprint density at radius 2 is 2.28 bits per heavy atom. The summed E-state index contributed by atoms with van der Waals surface area (Å²) in [5, 5.41) is 5.58. The van der Waals surface area contributed by atoms with Gasteiger partial charge in [0.2, 0.25) is 0 Å². The molecule has 0 aromatic carbocycles. The Hall–Kier alpha value is -0.540. The van der Waals surface area contributed by atoms with Gasteiger partial charge in [0.25, 0.3) is 10.2 Å². The van der Waals surface area contributed by atoms with Crippen LogP contribution in [0.1, 0.15) is 24.4 Å². The van der Waals surface area contributed by atoms with Gasteiger partial charge < -0.3 is 5.32 Å². The minimum Gasteiger partial charge on any atom is -0.320 e. The summed E-state index contributed by atoms with van der Waals surface area (Å²) in [6.07, 6.45) is 2.45. The quantitative estimate of drug-likeness (QED) is 0.687. The van der Waals surface area contributed by atoms with E-state index in [0.29, 0.717) is 6.54 Å². The zero-order valence-corrected chi connectivity index (χ0v) is 12.5. The Kier molecular flexibility index (Phi) is 6.16. The van der Waals surface area contributed by atoms with Gasteiger partial charge in [-0.05, 0) is 26.9 Å². The van der Waals surface area contributed by atoms with E-state index in [9.17, 15) is 8.42 Å². The summed E-state index contributed by atoms with van der Waals surface area (Å²) in [6.45, 7) is 3.07. The van der Waals surface area contributed by atoms with E-state index in [1.807, 2.05) is 12.4 Å². The zero-order chi connectivity index (χ0) is 13.6. The number of nitrogens with one attached hydrogen (secondary N) is 2. The molecule has 2 N–H and O–H groups in total. The number of hydrogen-bond acceptors (Lipinski definition) is 5. The van der Waals surface area contributed by atoms with Gasteiger partial charge in [-0.2, -0.15) is 17.4 Å². The van der Waals surface area contributed by atoms with Crippen LogP contribution in [0, 0.1) is 0 Å². The third-order valence-corrected chi connectivity index (χ3v) is 5.07. The van der Waals surface area contributed by atoms with E-state index in [2.05, 4.69) is 15.0 Å². The normalized spacial score (nSPS) is 14.0. The van der Waals surface area contributed by atoms with E-state index < -0.39 is 10.2 Å². The molecule has 0 amide bonds. The molecule has 0 aliphatic carbocycles. The summed E-state index contributed by atoms with van der Waals surface area (Å²) in [6, 6.07) is -0.304. The highest BCUT2D eigenvalue weighted by Crippen LogP contribution is 2.16. The van der Waals surface area contributed by atoms with Crippen LogP contribution in [-0.4, -0.2) is 44.9 Å². The van der Waals surface area contributed by atoms with E-state index >= 15 is 0 Å². The van der Waals surface area contributed by atoms with Crippen molar-refractivity contribution in [2.75, 3.05) is 27.2 Å². The second-order valence-corrected chi connectivity index (χ2v) is 6.73. The van der Waals surface area contributed by atoms with Gasteiger partial charge in [-0.25, -0.2) is 4.98 Å². The lowest BCUT2D eigenvalue weighted by Gasteiger charge is -2.20. The van der Waals surface area contributed by atoms with Gasteiger partial charge in [-0.1, -0.05) is 0 Å². The molecule has 1 rings (SSSR count). The minimum absolute atomic E-state index is 0.304. The molecule has 0 spiro atoms. The topological polar surface area (TPSA) is 74.3 Å². The second-order valence-electron chi connectivity index (χ2n) is 3.99. The predicted molar refractivity (Wildman–Crippen MR) is 73.8 cm³/mol. The van der Waals surface area contributed by atoms with Crippen LogP contribution in [0.25, 0.3) is 0 Å². The number of nitrogens with zero attached hydrogens (tertiary/aromatic N) is 2. The Labute approximate surface area is 113 Å². The van der Waals surface area contributed by atoms with Crippen molar-refractivity contribution in [3.05, 3.63) is 16.6 Å². The summed E-state index contributed by atoms with van der Waals surface area (Å²) in [5.41, 5.74) is 0. The van der Waals surface area contributed by atoms with Crippen molar-refractivity contribution in [3.63, 3.8) is 0 Å². The Bertz CT molecular complexity index is 433. The van der Waals surface area contributed by atoms with Gasteiger partial charge in [-0.3, -0.25) is 0 Å². The number of hydrogen-bond donors (Lipinski definition) is 2. The van der Waals surface area contributed by atoms with Gasteiger partial charge in [0, 0.05) is 25.2 Å². The molecule has 1 heterocycles. The highest BCUT2D eigenvalue weighted by Gasteiger charge is 2.21. The summed E-state index contributed by atoms with van der Waals surface area (Å²) < 4.78 is 27.9. The average molecular weight is 292 g/mol. The van der Waals surface area contributed by atoms with Gasteiger partial charge in [0.15, 0.2) is 0 Å². The molecule has 0 aliphatic heterocycles. The van der Waals surface area contributed by atoms with Crippen molar-refractivity contribution in [3.8, 4) is 0 Å². The largest absolute Gasteiger partial charge is 0.320 e. The van der Waals surface area contributed by atoms with Crippen LogP contribution >= 0.6 is 11.3 Å². The molecule has 0 radical (unpaired) electrons. The molecular formula is C10H20N4O2S2. The molecule has 0 bridgehead atoms. The lowest BCUT2D eigenvalue weighted by Crippen LogP contribution is -2.40. The molecule has 0 saturated carbocycles. The molecule has 1 atom stereocenters. The molecular weight excluding hydrogens is 272 g/mol. The molecule has 0 saturated heterocycles. The van der Waals surface area contributed by atoms with Crippen LogP contribution < -0.4 is 10.0 Å². The zero-order valence-electron chi connectivity index (χ0n) is 10.9. The van der Waals surface area contributed by atoms with E-state index in [0.717, 1.165) is 18.0 Å². The fourth-order valence-electron chi connectivity index (χ4n) is 1.41. The summed E-state index contributed by atoms with van der Waals surface area (Å²) in [5.74, 6) is 0. The van der Waals surface area contributed by atoms with Gasteiger partial charge in [0.1, 0.15) is 5.01 Å². The first-order valence-electron chi connectivity index (χ1n) is 5.75. The van der Waals surface area contributed by atoms with E-state index in [4.69, 9.17) is 0 Å². The lowest BCUT2D eigenvalue weighted by atomic mass is 10.4. The van der Waals surface area contributed by atoms with Crippen LogP contribution in [0.5, 0.6) is 0 Å². The maximum absolute atomic E-state index is 12.0. The highest BCUT2D eigenvalue weighted by molar-refractivity contribution is 7.87. The first-order valence-corrected chi connectivity index (χ1v) is 8.07. The van der Waals surface area contributed by atoms with Crippen molar-refractivity contribution in [1.82, 2.24) is 19.3 Å². The van der Waals surface area contributed by atoms with Crippen LogP contribution in [0.3, 0.4) is 0 Å². The van der Waals surface area contributed by atoms with Crippen LogP contribution in [-0.2, 0) is 10.2 Å². The second kappa shape index (κ2) is 7.15. The van der Waals surface area contributed by atoms with E-state index in [-0.39, 0.29) is 6.04 Å². The average Bonchev–Trinajstić information content (AvgIpc) is 2.82. The molecule has 8 heteroatoms. The highest BCUT2D eigenvalue weighted by atomic mass is 32.2. The number of thiazole rings is 1. The van der Waals surface area contributed by atoms with Gasteiger partial charge in [0.05, 0.1) is 6.04 Å². The minimum atomic E-state index is -3.44. The number of rotatable bonds is 8. The molecule has 0 aliphatic rings. The van der Waals surface area contributed by atoms with Crippen LogP contribution in [0.4, 0.5) is 0 Å². The molecule has 18 heavy (non-hydrogen) atoms. The summed E-state index contributed by atoms with van der Waals surface area (Å²) >= 11 is 1.44. The molecule has 1 aromatic heterocycles. The molecule has 1 unspecified atom stereocenters. The monoisotopic (exact) mass is 292 g/mol. The molecule has 0 fully saturated rings. The van der Waals surface area contributed by atoms with Crippen molar-refractivity contribution < 1.29 is 8.42 Å². The van der Waals surface area contributed by atoms with E-state index in [1.165, 1.54) is 15.6 Å². The first kappa shape index (κ1) is 15.5. The third kappa shape index (κ3) is 4.62. The van der Waals surface area contributed by atoms with Crippen molar-refractivity contribution >= 4 is 21.5 Å².